The molecule has 0 aromatic heterocycles. The highest BCUT2D eigenvalue weighted by atomic mass is 35.5. The fourth-order valence-corrected chi connectivity index (χ4v) is 4.00. The predicted octanol–water partition coefficient (Wildman–Crippen LogP) is 4.11. The standard InChI is InChI=1S/C17H17Cl2NO3S/c1-2-12-3-7-15(8-4-12)20-17(21)11-24(22,23)10-13-5-6-14(18)9-16(13)19/h3-9H,2,10-11H2,1H3,(H,20,21). The number of aryl methyl sites for hydroxylation is 1. The van der Waals surface area contributed by atoms with Gasteiger partial charge >= 0.3 is 0 Å². The average Bonchev–Trinajstić information content (AvgIpc) is 2.50. The first-order valence-electron chi connectivity index (χ1n) is 7.32. The minimum atomic E-state index is -3.64. The summed E-state index contributed by atoms with van der Waals surface area (Å²) in [7, 11) is -3.64. The quantitative estimate of drug-likeness (QED) is 0.813. The Balaban J connectivity index is 2.00. The number of carbonyl (C=O) groups is 1. The maximum atomic E-state index is 12.2. The number of nitrogens with one attached hydrogen (secondary N) is 1. The monoisotopic (exact) mass is 385 g/mol. The number of carbonyl (C=O) groups excluding carboxylic acids is 1. The van der Waals surface area contributed by atoms with Gasteiger partial charge in [-0.15, -0.1) is 0 Å². The molecule has 0 bridgehead atoms. The molecule has 0 atom stereocenters. The van der Waals surface area contributed by atoms with E-state index in [4.69, 9.17) is 23.2 Å². The van der Waals surface area contributed by atoms with Crippen LogP contribution >= 0.6 is 23.2 Å². The Hall–Kier alpha value is -1.56. The first kappa shape index (κ1) is 18.8. The lowest BCUT2D eigenvalue weighted by atomic mass is 10.1. The molecule has 128 valence electrons. The molecule has 7 heteroatoms. The molecule has 2 aromatic carbocycles. The minimum absolute atomic E-state index is 0.265. The third-order valence-electron chi connectivity index (χ3n) is 3.39. The van der Waals surface area contributed by atoms with Crippen LogP contribution in [0.5, 0.6) is 0 Å². The van der Waals surface area contributed by atoms with Crippen molar-refractivity contribution in [3.63, 3.8) is 0 Å². The van der Waals surface area contributed by atoms with Crippen LogP contribution in [0.1, 0.15) is 18.1 Å². The number of rotatable bonds is 6. The van der Waals surface area contributed by atoms with Gasteiger partial charge in [-0.25, -0.2) is 8.42 Å². The molecule has 0 saturated heterocycles. The predicted molar refractivity (Wildman–Crippen MR) is 98.4 cm³/mol. The van der Waals surface area contributed by atoms with E-state index in [2.05, 4.69) is 5.32 Å². The van der Waals surface area contributed by atoms with Gasteiger partial charge in [0.25, 0.3) is 0 Å². The normalized spacial score (nSPS) is 11.3. The van der Waals surface area contributed by atoms with E-state index in [0.29, 0.717) is 16.3 Å². The van der Waals surface area contributed by atoms with Crippen LogP contribution in [0.2, 0.25) is 10.0 Å². The maximum absolute atomic E-state index is 12.2. The van der Waals surface area contributed by atoms with E-state index in [1.165, 1.54) is 6.07 Å². The van der Waals surface area contributed by atoms with Crippen molar-refractivity contribution in [1.82, 2.24) is 0 Å². The van der Waals surface area contributed by atoms with Crippen molar-refractivity contribution in [2.24, 2.45) is 0 Å². The van der Waals surface area contributed by atoms with Crippen molar-refractivity contribution in [1.29, 1.82) is 0 Å². The molecule has 0 radical (unpaired) electrons. The van der Waals surface area contributed by atoms with Crippen LogP contribution in [-0.2, 0) is 26.8 Å². The van der Waals surface area contributed by atoms with Gasteiger partial charge in [-0.3, -0.25) is 4.79 Å². The van der Waals surface area contributed by atoms with Crippen molar-refractivity contribution < 1.29 is 13.2 Å². The molecule has 0 saturated carbocycles. The van der Waals surface area contributed by atoms with Crippen molar-refractivity contribution in [3.8, 4) is 0 Å². The first-order chi connectivity index (χ1) is 11.3. The second-order valence-electron chi connectivity index (χ2n) is 5.37. The summed E-state index contributed by atoms with van der Waals surface area (Å²) < 4.78 is 24.4. The molecule has 0 aliphatic carbocycles. The van der Waals surface area contributed by atoms with Gasteiger partial charge < -0.3 is 5.32 Å². The highest BCUT2D eigenvalue weighted by Gasteiger charge is 2.19. The zero-order valence-electron chi connectivity index (χ0n) is 13.1. The first-order valence-corrected chi connectivity index (χ1v) is 9.90. The molecule has 0 unspecified atom stereocenters. The Labute approximate surface area is 151 Å². The van der Waals surface area contributed by atoms with E-state index in [9.17, 15) is 13.2 Å². The molecule has 0 aliphatic heterocycles. The fraction of sp³-hybridized carbons (Fsp3) is 0.235. The van der Waals surface area contributed by atoms with Gasteiger partial charge in [-0.1, -0.05) is 48.3 Å². The van der Waals surface area contributed by atoms with Crippen LogP contribution in [0, 0.1) is 0 Å². The summed E-state index contributed by atoms with van der Waals surface area (Å²) in [5.74, 6) is -1.50. The van der Waals surface area contributed by atoms with Gasteiger partial charge in [0, 0.05) is 15.7 Å². The summed E-state index contributed by atoms with van der Waals surface area (Å²) in [6.45, 7) is 2.03. The molecular formula is C17H17Cl2NO3S. The fourth-order valence-electron chi connectivity index (χ4n) is 2.15. The summed E-state index contributed by atoms with van der Waals surface area (Å²) in [5, 5.41) is 3.28. The zero-order chi connectivity index (χ0) is 17.7. The van der Waals surface area contributed by atoms with Crippen molar-refractivity contribution in [2.45, 2.75) is 19.1 Å². The van der Waals surface area contributed by atoms with Crippen LogP contribution in [0.15, 0.2) is 42.5 Å². The molecule has 24 heavy (non-hydrogen) atoms. The number of amides is 1. The lowest BCUT2D eigenvalue weighted by Crippen LogP contribution is -2.24. The number of sulfone groups is 1. The van der Waals surface area contributed by atoms with E-state index >= 15 is 0 Å². The number of hydrogen-bond acceptors (Lipinski definition) is 3. The van der Waals surface area contributed by atoms with E-state index in [1.54, 1.807) is 24.3 Å². The van der Waals surface area contributed by atoms with Crippen molar-refractivity contribution >= 4 is 44.6 Å². The van der Waals surface area contributed by atoms with Gasteiger partial charge in [-0.05, 0) is 41.8 Å². The molecular weight excluding hydrogens is 369 g/mol. The maximum Gasteiger partial charge on any atom is 0.239 e. The third kappa shape index (κ3) is 5.51. The second-order valence-corrected chi connectivity index (χ2v) is 8.27. The average molecular weight is 386 g/mol. The number of benzene rings is 2. The van der Waals surface area contributed by atoms with E-state index < -0.39 is 21.5 Å². The van der Waals surface area contributed by atoms with Crippen molar-refractivity contribution in [2.75, 3.05) is 11.1 Å². The van der Waals surface area contributed by atoms with Crippen LogP contribution in [0.3, 0.4) is 0 Å². The van der Waals surface area contributed by atoms with Gasteiger partial charge in [0.2, 0.25) is 5.91 Å². The summed E-state index contributed by atoms with van der Waals surface area (Å²) in [6.07, 6.45) is 0.893. The van der Waals surface area contributed by atoms with Gasteiger partial charge in [0.1, 0.15) is 5.75 Å². The van der Waals surface area contributed by atoms with Crippen LogP contribution in [0.4, 0.5) is 5.69 Å². The van der Waals surface area contributed by atoms with Gasteiger partial charge in [0.05, 0.1) is 5.75 Å². The molecule has 2 rings (SSSR count). The third-order valence-corrected chi connectivity index (χ3v) is 5.43. The topological polar surface area (TPSA) is 63.2 Å². The Bertz CT molecular complexity index is 833. The molecule has 2 aromatic rings. The Kier molecular flexibility index (Phi) is 6.27. The molecule has 1 N–H and O–H groups in total. The van der Waals surface area contributed by atoms with E-state index in [-0.39, 0.29) is 10.8 Å². The Morgan fingerprint density at radius 3 is 2.33 bits per heavy atom. The molecule has 1 amide bonds. The summed E-state index contributed by atoms with van der Waals surface area (Å²) in [4.78, 5) is 12.0. The number of halogens is 2. The summed E-state index contributed by atoms with van der Waals surface area (Å²) in [6, 6.07) is 11.9. The lowest BCUT2D eigenvalue weighted by molar-refractivity contribution is -0.113. The molecule has 4 nitrogen and oxygen atoms in total. The highest BCUT2D eigenvalue weighted by Crippen LogP contribution is 2.23. The SMILES string of the molecule is CCc1ccc(NC(=O)CS(=O)(=O)Cc2ccc(Cl)cc2Cl)cc1. The van der Waals surface area contributed by atoms with Gasteiger partial charge in [-0.2, -0.15) is 0 Å². The zero-order valence-corrected chi connectivity index (χ0v) is 15.4. The molecule has 0 fully saturated rings. The van der Waals surface area contributed by atoms with E-state index in [1.807, 2.05) is 19.1 Å². The number of anilines is 1. The van der Waals surface area contributed by atoms with Crippen LogP contribution in [0.25, 0.3) is 0 Å². The molecule has 0 heterocycles. The lowest BCUT2D eigenvalue weighted by Gasteiger charge is -2.08. The smallest absolute Gasteiger partial charge is 0.239 e. The second kappa shape index (κ2) is 8.01. The highest BCUT2D eigenvalue weighted by molar-refractivity contribution is 7.91. The number of hydrogen-bond donors (Lipinski definition) is 1. The Morgan fingerprint density at radius 2 is 1.75 bits per heavy atom. The Morgan fingerprint density at radius 1 is 1.08 bits per heavy atom. The van der Waals surface area contributed by atoms with Crippen molar-refractivity contribution in [3.05, 3.63) is 63.6 Å². The molecule has 0 spiro atoms. The largest absolute Gasteiger partial charge is 0.325 e. The van der Waals surface area contributed by atoms with E-state index in [0.717, 1.165) is 12.0 Å². The molecule has 0 aliphatic rings. The van der Waals surface area contributed by atoms with Crippen LogP contribution < -0.4 is 5.32 Å². The summed E-state index contributed by atoms with van der Waals surface area (Å²) >= 11 is 11.8. The van der Waals surface area contributed by atoms with Gasteiger partial charge in [0.15, 0.2) is 9.84 Å². The van der Waals surface area contributed by atoms with Crippen LogP contribution in [-0.4, -0.2) is 20.1 Å². The minimum Gasteiger partial charge on any atom is -0.325 e. The summed E-state index contributed by atoms with van der Waals surface area (Å²) in [5.41, 5.74) is 2.12.